The molecule has 0 N–H and O–H groups in total. The van der Waals surface area contributed by atoms with Crippen molar-refractivity contribution in [1.82, 2.24) is 19.5 Å². The predicted octanol–water partition coefficient (Wildman–Crippen LogP) is 14.5. The quantitative estimate of drug-likeness (QED) is 0.179. The van der Waals surface area contributed by atoms with Crippen LogP contribution in [-0.2, 0) is 0 Å². The van der Waals surface area contributed by atoms with E-state index in [-0.39, 0.29) is 0 Å². The molecule has 5 heteroatoms. The molecule has 0 saturated carbocycles. The van der Waals surface area contributed by atoms with Gasteiger partial charge in [-0.2, -0.15) is 0 Å². The van der Waals surface area contributed by atoms with Crippen LogP contribution in [0.15, 0.2) is 199 Å². The van der Waals surface area contributed by atoms with Crippen molar-refractivity contribution in [2.45, 2.75) is 0 Å². The van der Waals surface area contributed by atoms with Gasteiger partial charge in [0, 0.05) is 43.6 Å². The van der Waals surface area contributed by atoms with Crippen molar-refractivity contribution >= 4 is 86.8 Å². The van der Waals surface area contributed by atoms with Crippen molar-refractivity contribution in [3.05, 3.63) is 194 Å². The standard InChI is InChI=1S/C55H32N4O/c1-2-12-34(13-3-1)53-56-54(40-22-21-33-11-4-5-14-35(33)27-40)58-55(57-53)41-23-24-44-51(32-41)60-50-26-25-42-43(52(44)50)19-10-20-47(42)59-48-30-38-17-8-6-15-36(38)28-45(48)46-29-37-16-7-9-18-39(37)31-49(46)59/h1-32H. The molecule has 5 nitrogen and oxygen atoms in total. The number of nitrogens with zero attached hydrogens (tertiary/aromatic N) is 4. The van der Waals surface area contributed by atoms with Crippen LogP contribution in [0.2, 0.25) is 0 Å². The van der Waals surface area contributed by atoms with Crippen LogP contribution in [0.1, 0.15) is 0 Å². The molecule has 0 saturated heterocycles. The Morgan fingerprint density at radius 1 is 0.317 bits per heavy atom. The van der Waals surface area contributed by atoms with E-state index in [1.54, 1.807) is 0 Å². The molecule has 0 fully saturated rings. The van der Waals surface area contributed by atoms with Crippen LogP contribution in [0.25, 0.3) is 127 Å². The minimum atomic E-state index is 0.591. The second-order valence-corrected chi connectivity index (χ2v) is 15.6. The zero-order valence-corrected chi connectivity index (χ0v) is 32.2. The lowest BCUT2D eigenvalue weighted by Crippen LogP contribution is -2.00. The van der Waals surface area contributed by atoms with Crippen LogP contribution in [0, 0.1) is 0 Å². The molecule has 278 valence electrons. The maximum absolute atomic E-state index is 6.69. The average molecular weight is 765 g/mol. The molecule has 10 aromatic carbocycles. The first-order valence-corrected chi connectivity index (χ1v) is 20.3. The van der Waals surface area contributed by atoms with Gasteiger partial charge in [-0.3, -0.25) is 0 Å². The van der Waals surface area contributed by atoms with E-state index in [4.69, 9.17) is 19.4 Å². The third-order valence-electron chi connectivity index (χ3n) is 12.1. The molecule has 13 rings (SSSR count). The van der Waals surface area contributed by atoms with E-state index in [1.807, 2.05) is 30.3 Å². The van der Waals surface area contributed by atoms with Crippen molar-refractivity contribution in [1.29, 1.82) is 0 Å². The number of rotatable bonds is 4. The van der Waals surface area contributed by atoms with Crippen molar-refractivity contribution in [3.63, 3.8) is 0 Å². The lowest BCUT2D eigenvalue weighted by Gasteiger charge is -2.13. The smallest absolute Gasteiger partial charge is 0.164 e. The first-order valence-electron chi connectivity index (χ1n) is 20.3. The first kappa shape index (κ1) is 32.9. The Kier molecular flexibility index (Phi) is 6.95. The zero-order chi connectivity index (χ0) is 39.3. The Balaban J connectivity index is 1.00. The van der Waals surface area contributed by atoms with Gasteiger partial charge in [0.05, 0.1) is 16.7 Å². The molecule has 0 spiro atoms. The molecular formula is C55H32N4O. The van der Waals surface area contributed by atoms with Gasteiger partial charge in [-0.15, -0.1) is 0 Å². The minimum Gasteiger partial charge on any atom is -0.456 e. The Labute approximate surface area is 343 Å². The lowest BCUT2D eigenvalue weighted by molar-refractivity contribution is 0.669. The second kappa shape index (κ2) is 12.7. The highest BCUT2D eigenvalue weighted by molar-refractivity contribution is 6.22. The molecule has 3 heterocycles. The van der Waals surface area contributed by atoms with Crippen LogP contribution in [-0.4, -0.2) is 19.5 Å². The maximum atomic E-state index is 6.69. The van der Waals surface area contributed by atoms with Gasteiger partial charge in [0.15, 0.2) is 17.5 Å². The summed E-state index contributed by atoms with van der Waals surface area (Å²) in [5, 5.41) is 14.1. The Morgan fingerprint density at radius 3 is 1.52 bits per heavy atom. The monoisotopic (exact) mass is 764 g/mol. The van der Waals surface area contributed by atoms with Gasteiger partial charge < -0.3 is 8.98 Å². The molecular weight excluding hydrogens is 733 g/mol. The normalized spacial score (nSPS) is 12.0. The highest BCUT2D eigenvalue weighted by Gasteiger charge is 2.20. The van der Waals surface area contributed by atoms with E-state index < -0.39 is 0 Å². The van der Waals surface area contributed by atoms with Gasteiger partial charge in [0.1, 0.15) is 11.2 Å². The number of hydrogen-bond acceptors (Lipinski definition) is 4. The fraction of sp³-hybridized carbons (Fsp3) is 0. The fourth-order valence-corrected chi connectivity index (χ4v) is 9.28. The molecule has 0 atom stereocenters. The van der Waals surface area contributed by atoms with Gasteiger partial charge in [-0.25, -0.2) is 15.0 Å². The Morgan fingerprint density at radius 2 is 0.850 bits per heavy atom. The second-order valence-electron chi connectivity index (χ2n) is 15.6. The van der Waals surface area contributed by atoms with Gasteiger partial charge in [-0.05, 0) is 98.4 Å². The van der Waals surface area contributed by atoms with E-state index in [9.17, 15) is 0 Å². The van der Waals surface area contributed by atoms with E-state index in [2.05, 4.69) is 168 Å². The topological polar surface area (TPSA) is 56.7 Å². The molecule has 13 aromatic rings. The maximum Gasteiger partial charge on any atom is 0.164 e. The first-order chi connectivity index (χ1) is 29.7. The van der Waals surface area contributed by atoms with Crippen molar-refractivity contribution < 1.29 is 4.42 Å². The van der Waals surface area contributed by atoms with Crippen molar-refractivity contribution in [2.24, 2.45) is 0 Å². The average Bonchev–Trinajstić information content (AvgIpc) is 3.84. The van der Waals surface area contributed by atoms with Crippen molar-refractivity contribution in [2.75, 3.05) is 0 Å². The highest BCUT2D eigenvalue weighted by atomic mass is 16.3. The summed E-state index contributed by atoms with van der Waals surface area (Å²) in [4.78, 5) is 15.1. The van der Waals surface area contributed by atoms with E-state index >= 15 is 0 Å². The highest BCUT2D eigenvalue weighted by Crippen LogP contribution is 2.42. The van der Waals surface area contributed by atoms with Gasteiger partial charge in [0.2, 0.25) is 0 Å². The van der Waals surface area contributed by atoms with Gasteiger partial charge in [0.25, 0.3) is 0 Å². The molecule has 0 aliphatic carbocycles. The van der Waals surface area contributed by atoms with Crippen molar-refractivity contribution in [3.8, 4) is 39.9 Å². The van der Waals surface area contributed by atoms with Crippen LogP contribution in [0.5, 0.6) is 0 Å². The third-order valence-corrected chi connectivity index (χ3v) is 12.1. The largest absolute Gasteiger partial charge is 0.456 e. The Bertz CT molecular complexity index is 3810. The summed E-state index contributed by atoms with van der Waals surface area (Å²) >= 11 is 0. The molecule has 0 radical (unpaired) electrons. The summed E-state index contributed by atoms with van der Waals surface area (Å²) in [7, 11) is 0. The summed E-state index contributed by atoms with van der Waals surface area (Å²) < 4.78 is 9.14. The van der Waals surface area contributed by atoms with Crippen LogP contribution < -0.4 is 0 Å². The molecule has 0 aliphatic rings. The zero-order valence-electron chi connectivity index (χ0n) is 32.2. The van der Waals surface area contributed by atoms with E-state index in [1.165, 1.54) is 48.7 Å². The summed E-state index contributed by atoms with van der Waals surface area (Å²) in [6, 6.07) is 68.8. The summed E-state index contributed by atoms with van der Waals surface area (Å²) in [6.07, 6.45) is 0. The summed E-state index contributed by atoms with van der Waals surface area (Å²) in [5.74, 6) is 1.84. The molecule has 0 bridgehead atoms. The number of fused-ring (bicyclic) bond motifs is 11. The molecule has 0 aliphatic heterocycles. The minimum absolute atomic E-state index is 0.591. The number of furan rings is 1. The lowest BCUT2D eigenvalue weighted by atomic mass is 10.0. The summed E-state index contributed by atoms with van der Waals surface area (Å²) in [6.45, 7) is 0. The predicted molar refractivity (Wildman–Crippen MR) is 248 cm³/mol. The van der Waals surface area contributed by atoms with Gasteiger partial charge in [-0.1, -0.05) is 133 Å². The fourth-order valence-electron chi connectivity index (χ4n) is 9.28. The number of aromatic nitrogens is 4. The number of benzene rings is 10. The SMILES string of the molecule is c1ccc(-c2nc(-c3ccc4ccccc4c3)nc(-c3ccc4c(c3)oc3ccc5c(-n6c7cc8ccccc8cc7c7cc8ccccc8cc76)cccc5c34)n2)cc1. The van der Waals surface area contributed by atoms with Crippen LogP contribution in [0.4, 0.5) is 0 Å². The Hall–Kier alpha value is -8.15. The molecule has 60 heavy (non-hydrogen) atoms. The third kappa shape index (κ3) is 5.03. The molecule has 3 aromatic heterocycles. The van der Waals surface area contributed by atoms with E-state index in [0.29, 0.717) is 17.5 Å². The molecule has 0 unspecified atom stereocenters. The molecule has 0 amide bonds. The van der Waals surface area contributed by atoms with Gasteiger partial charge >= 0.3 is 0 Å². The van der Waals surface area contributed by atoms with Crippen LogP contribution >= 0.6 is 0 Å². The summed E-state index contributed by atoms with van der Waals surface area (Å²) in [5.41, 5.74) is 7.84. The number of hydrogen-bond donors (Lipinski definition) is 0. The van der Waals surface area contributed by atoms with E-state index in [0.717, 1.165) is 60.5 Å². The van der Waals surface area contributed by atoms with Crippen LogP contribution in [0.3, 0.4) is 0 Å².